The fraction of sp³-hybridized carbons (Fsp3) is 0.235. The maximum Gasteiger partial charge on any atom is 0.254 e. The van der Waals surface area contributed by atoms with Crippen LogP contribution in [0.3, 0.4) is 0 Å². The number of sulfonamides is 1. The van der Waals surface area contributed by atoms with E-state index in [9.17, 15) is 26.4 Å². The van der Waals surface area contributed by atoms with Crippen LogP contribution in [0.15, 0.2) is 42.5 Å². The maximum absolute atomic E-state index is 13.6. The Labute approximate surface area is 149 Å². The number of nitrogens with zero attached hydrogens (tertiary/aromatic N) is 1. The number of amides is 1. The predicted octanol–water partition coefficient (Wildman–Crippen LogP) is 2.30. The van der Waals surface area contributed by atoms with E-state index in [0.717, 1.165) is 22.2 Å². The lowest BCUT2D eigenvalue weighted by atomic mass is 10.2. The Morgan fingerprint density at radius 1 is 1.04 bits per heavy atom. The Morgan fingerprint density at radius 3 is 2.31 bits per heavy atom. The van der Waals surface area contributed by atoms with Gasteiger partial charge >= 0.3 is 0 Å². The third-order valence-corrected chi connectivity index (χ3v) is 4.85. The van der Waals surface area contributed by atoms with Gasteiger partial charge < -0.3 is 5.32 Å². The second-order valence-electron chi connectivity index (χ2n) is 5.56. The molecule has 0 aliphatic heterocycles. The summed E-state index contributed by atoms with van der Waals surface area (Å²) >= 11 is 0. The summed E-state index contributed by atoms with van der Waals surface area (Å²) in [7, 11) is -3.55. The van der Waals surface area contributed by atoms with Crippen LogP contribution in [0.5, 0.6) is 0 Å². The van der Waals surface area contributed by atoms with Crippen molar-refractivity contribution in [1.82, 2.24) is 9.62 Å². The Balaban J connectivity index is 2.01. The van der Waals surface area contributed by atoms with Crippen LogP contribution in [0.2, 0.25) is 0 Å². The zero-order valence-electron chi connectivity index (χ0n) is 13.9. The smallest absolute Gasteiger partial charge is 0.254 e. The lowest BCUT2D eigenvalue weighted by Gasteiger charge is -2.20. The minimum absolute atomic E-state index is 0.0647. The Bertz CT molecular complexity index is 890. The molecule has 2 aromatic rings. The van der Waals surface area contributed by atoms with Crippen LogP contribution in [0, 0.1) is 17.5 Å². The van der Waals surface area contributed by atoms with Crippen LogP contribution in [0.25, 0.3) is 0 Å². The van der Waals surface area contributed by atoms with E-state index >= 15 is 0 Å². The van der Waals surface area contributed by atoms with Gasteiger partial charge in [-0.3, -0.25) is 4.79 Å². The Hall–Kier alpha value is -2.39. The first-order valence-corrected chi connectivity index (χ1v) is 9.45. The Morgan fingerprint density at radius 2 is 1.69 bits per heavy atom. The molecule has 0 heterocycles. The predicted molar refractivity (Wildman–Crippen MR) is 90.3 cm³/mol. The second-order valence-corrected chi connectivity index (χ2v) is 7.54. The lowest BCUT2D eigenvalue weighted by molar-refractivity contribution is 0.0946. The third kappa shape index (κ3) is 5.06. The molecule has 1 amide bonds. The summed E-state index contributed by atoms with van der Waals surface area (Å²) in [5.74, 6) is -5.69. The summed E-state index contributed by atoms with van der Waals surface area (Å²) in [6.45, 7) is -0.0863. The van der Waals surface area contributed by atoms with Crippen LogP contribution in [-0.4, -0.2) is 38.0 Å². The van der Waals surface area contributed by atoms with Crippen molar-refractivity contribution in [1.29, 1.82) is 0 Å². The van der Waals surface area contributed by atoms with Crippen molar-refractivity contribution in [2.24, 2.45) is 0 Å². The average Bonchev–Trinajstić information content (AvgIpc) is 2.59. The highest BCUT2D eigenvalue weighted by Crippen LogP contribution is 2.15. The van der Waals surface area contributed by atoms with E-state index in [4.69, 9.17) is 0 Å². The molecule has 0 radical (unpaired) electrons. The van der Waals surface area contributed by atoms with E-state index in [1.807, 2.05) is 0 Å². The number of benzene rings is 2. The second kappa shape index (κ2) is 8.33. The first kappa shape index (κ1) is 19.9. The van der Waals surface area contributed by atoms with Crippen LogP contribution < -0.4 is 5.32 Å². The summed E-state index contributed by atoms with van der Waals surface area (Å²) in [6.07, 6.45) is 1.03. The lowest BCUT2D eigenvalue weighted by Crippen LogP contribution is -2.38. The highest BCUT2D eigenvalue weighted by Gasteiger charge is 2.20. The van der Waals surface area contributed by atoms with Gasteiger partial charge in [0.05, 0.1) is 11.8 Å². The molecular formula is C17H17F3N2O3S. The normalized spacial score (nSPS) is 11.6. The van der Waals surface area contributed by atoms with Gasteiger partial charge in [0.15, 0.2) is 17.5 Å². The number of hydrogen-bond acceptors (Lipinski definition) is 3. The van der Waals surface area contributed by atoms with Crippen LogP contribution in [0.4, 0.5) is 13.2 Å². The molecule has 0 aliphatic rings. The number of nitrogens with one attached hydrogen (secondary N) is 1. The maximum atomic E-state index is 13.6. The zero-order chi connectivity index (χ0) is 19.3. The monoisotopic (exact) mass is 386 g/mol. The molecule has 9 heteroatoms. The topological polar surface area (TPSA) is 66.5 Å². The summed E-state index contributed by atoms with van der Waals surface area (Å²) in [5, 5.41) is 2.30. The number of halogens is 3. The zero-order valence-corrected chi connectivity index (χ0v) is 14.7. The fourth-order valence-electron chi connectivity index (χ4n) is 2.24. The number of carbonyl (C=O) groups excluding carboxylic acids is 1. The third-order valence-electron chi connectivity index (χ3n) is 3.60. The molecule has 26 heavy (non-hydrogen) atoms. The van der Waals surface area contributed by atoms with Crippen LogP contribution in [0.1, 0.15) is 15.9 Å². The van der Waals surface area contributed by atoms with Gasteiger partial charge in [0.1, 0.15) is 0 Å². The molecule has 0 saturated heterocycles. The van der Waals surface area contributed by atoms with Gasteiger partial charge in [-0.05, 0) is 17.7 Å². The van der Waals surface area contributed by atoms with E-state index in [1.54, 1.807) is 30.3 Å². The first-order valence-electron chi connectivity index (χ1n) is 7.61. The standard InChI is InChI=1S/C17H17F3N2O3S/c1-26(24,25)22(11-12-5-3-2-4-6-12)10-9-21-17(23)13-7-8-14(18)16(20)15(13)19/h2-8H,9-11H2,1H3,(H,21,23). The van der Waals surface area contributed by atoms with Crippen molar-refractivity contribution < 1.29 is 26.4 Å². The van der Waals surface area contributed by atoms with Gasteiger partial charge in [-0.25, -0.2) is 21.6 Å². The minimum atomic E-state index is -3.55. The molecule has 2 aromatic carbocycles. The van der Waals surface area contributed by atoms with Gasteiger partial charge in [0.25, 0.3) is 5.91 Å². The quantitative estimate of drug-likeness (QED) is 0.743. The largest absolute Gasteiger partial charge is 0.351 e. The fourth-order valence-corrected chi connectivity index (χ4v) is 3.05. The van der Waals surface area contributed by atoms with Crippen molar-refractivity contribution in [2.75, 3.05) is 19.3 Å². The minimum Gasteiger partial charge on any atom is -0.351 e. The van der Waals surface area contributed by atoms with Crippen molar-refractivity contribution in [2.45, 2.75) is 6.54 Å². The number of rotatable bonds is 7. The molecule has 0 aliphatic carbocycles. The highest BCUT2D eigenvalue weighted by atomic mass is 32.2. The molecule has 0 spiro atoms. The van der Waals surface area contributed by atoms with Crippen LogP contribution >= 0.6 is 0 Å². The van der Waals surface area contributed by atoms with E-state index in [0.29, 0.717) is 6.07 Å². The van der Waals surface area contributed by atoms with E-state index in [-0.39, 0.29) is 19.6 Å². The summed E-state index contributed by atoms with van der Waals surface area (Å²) in [4.78, 5) is 11.9. The summed E-state index contributed by atoms with van der Waals surface area (Å²) in [5.41, 5.74) is 0.105. The van der Waals surface area contributed by atoms with E-state index < -0.39 is 38.9 Å². The molecule has 0 atom stereocenters. The van der Waals surface area contributed by atoms with E-state index in [2.05, 4.69) is 5.32 Å². The van der Waals surface area contributed by atoms with Crippen molar-refractivity contribution in [3.8, 4) is 0 Å². The molecule has 1 N–H and O–H groups in total. The summed E-state index contributed by atoms with van der Waals surface area (Å²) < 4.78 is 64.6. The molecule has 140 valence electrons. The first-order chi connectivity index (χ1) is 12.2. The van der Waals surface area contributed by atoms with Gasteiger partial charge in [-0.15, -0.1) is 0 Å². The van der Waals surface area contributed by atoms with Gasteiger partial charge in [0, 0.05) is 19.6 Å². The van der Waals surface area contributed by atoms with Crippen LogP contribution in [-0.2, 0) is 16.6 Å². The molecule has 0 saturated carbocycles. The SMILES string of the molecule is CS(=O)(=O)N(CCNC(=O)c1ccc(F)c(F)c1F)Cc1ccccc1. The number of hydrogen-bond donors (Lipinski definition) is 1. The number of carbonyl (C=O) groups is 1. The van der Waals surface area contributed by atoms with Crippen molar-refractivity contribution in [3.63, 3.8) is 0 Å². The average molecular weight is 386 g/mol. The Kier molecular flexibility index (Phi) is 6.38. The molecule has 2 rings (SSSR count). The molecule has 0 aromatic heterocycles. The van der Waals surface area contributed by atoms with Gasteiger partial charge in [-0.2, -0.15) is 4.31 Å². The van der Waals surface area contributed by atoms with Gasteiger partial charge in [0.2, 0.25) is 10.0 Å². The molecule has 0 fully saturated rings. The van der Waals surface area contributed by atoms with Crippen molar-refractivity contribution >= 4 is 15.9 Å². The molecular weight excluding hydrogens is 369 g/mol. The highest BCUT2D eigenvalue weighted by molar-refractivity contribution is 7.88. The van der Waals surface area contributed by atoms with E-state index in [1.165, 1.54) is 0 Å². The molecule has 0 unspecified atom stereocenters. The summed E-state index contributed by atoms with van der Waals surface area (Å²) in [6, 6.07) is 10.3. The molecule has 5 nitrogen and oxygen atoms in total. The van der Waals surface area contributed by atoms with Gasteiger partial charge in [-0.1, -0.05) is 30.3 Å². The van der Waals surface area contributed by atoms with Crippen molar-refractivity contribution in [3.05, 3.63) is 71.0 Å². The molecule has 0 bridgehead atoms.